The second-order valence-corrected chi connectivity index (χ2v) is 3.62. The summed E-state index contributed by atoms with van der Waals surface area (Å²) in [5.41, 5.74) is 1.28. The third kappa shape index (κ3) is 2.62. The first-order chi connectivity index (χ1) is 8.70. The van der Waals surface area contributed by atoms with Crippen molar-refractivity contribution >= 4 is 5.82 Å². The number of anilines is 1. The van der Waals surface area contributed by atoms with E-state index in [0.29, 0.717) is 12.4 Å². The van der Waals surface area contributed by atoms with Gasteiger partial charge in [0.25, 0.3) is 5.56 Å². The van der Waals surface area contributed by atoms with Crippen LogP contribution in [0.1, 0.15) is 11.4 Å². The number of hydrogen-bond acceptors (Lipinski definition) is 6. The summed E-state index contributed by atoms with van der Waals surface area (Å²) in [6, 6.07) is 0. The van der Waals surface area contributed by atoms with E-state index in [-0.39, 0.29) is 11.3 Å². The first-order valence-corrected chi connectivity index (χ1v) is 5.34. The molecule has 18 heavy (non-hydrogen) atoms. The van der Waals surface area contributed by atoms with Crippen molar-refractivity contribution in [2.75, 3.05) is 12.4 Å². The number of methoxy groups -OCH3 is 1. The van der Waals surface area contributed by atoms with E-state index in [1.54, 1.807) is 12.4 Å². The van der Waals surface area contributed by atoms with Gasteiger partial charge in [0, 0.05) is 6.20 Å². The van der Waals surface area contributed by atoms with E-state index in [9.17, 15) is 4.79 Å². The SMILES string of the molecule is COc1c(NCc2cnc(C)cn2)nc[nH]c1=O. The number of rotatable bonds is 4. The normalized spacial score (nSPS) is 10.1. The summed E-state index contributed by atoms with van der Waals surface area (Å²) in [7, 11) is 1.42. The summed E-state index contributed by atoms with van der Waals surface area (Å²) in [4.78, 5) is 26.2. The molecule has 0 radical (unpaired) electrons. The molecule has 0 aliphatic rings. The van der Waals surface area contributed by atoms with Crippen LogP contribution in [0.2, 0.25) is 0 Å². The van der Waals surface area contributed by atoms with Crippen LogP contribution in [0, 0.1) is 6.92 Å². The maximum absolute atomic E-state index is 11.4. The second kappa shape index (κ2) is 5.26. The van der Waals surface area contributed by atoms with Gasteiger partial charge in [0.2, 0.25) is 5.75 Å². The zero-order valence-corrected chi connectivity index (χ0v) is 10.1. The van der Waals surface area contributed by atoms with E-state index in [1.807, 2.05) is 6.92 Å². The molecule has 0 amide bonds. The highest BCUT2D eigenvalue weighted by molar-refractivity contribution is 5.47. The molecule has 2 rings (SSSR count). The molecule has 2 N–H and O–H groups in total. The van der Waals surface area contributed by atoms with Crippen LogP contribution in [0.5, 0.6) is 5.75 Å². The second-order valence-electron chi connectivity index (χ2n) is 3.62. The highest BCUT2D eigenvalue weighted by atomic mass is 16.5. The molecule has 0 saturated heterocycles. The number of hydrogen-bond donors (Lipinski definition) is 2. The van der Waals surface area contributed by atoms with Crippen LogP contribution in [-0.4, -0.2) is 27.0 Å². The summed E-state index contributed by atoms with van der Waals surface area (Å²) < 4.78 is 4.98. The predicted molar refractivity (Wildman–Crippen MR) is 65.5 cm³/mol. The standard InChI is InChI=1S/C11H13N5O2/c1-7-3-13-8(4-12-7)5-14-10-9(18-2)11(17)16-6-15-10/h3-4,6H,5H2,1-2H3,(H2,14,15,16,17). The molecule has 7 heteroatoms. The molecule has 0 aromatic carbocycles. The molecule has 0 aliphatic carbocycles. The van der Waals surface area contributed by atoms with Crippen LogP contribution in [0.15, 0.2) is 23.5 Å². The lowest BCUT2D eigenvalue weighted by molar-refractivity contribution is 0.408. The molecule has 7 nitrogen and oxygen atoms in total. The predicted octanol–water partition coefficient (Wildman–Crippen LogP) is 0.489. The summed E-state index contributed by atoms with van der Waals surface area (Å²) in [6.45, 7) is 2.28. The molecule has 2 aromatic heterocycles. The Kier molecular flexibility index (Phi) is 3.52. The smallest absolute Gasteiger partial charge is 0.295 e. The van der Waals surface area contributed by atoms with E-state index in [0.717, 1.165) is 11.4 Å². The molecule has 0 unspecified atom stereocenters. The molecule has 94 valence electrons. The molecule has 0 atom stereocenters. The van der Waals surface area contributed by atoms with Crippen LogP contribution in [0.4, 0.5) is 5.82 Å². The Bertz CT molecular complexity index is 579. The topological polar surface area (TPSA) is 92.8 Å². The number of H-pyrrole nitrogens is 1. The Morgan fingerprint density at radius 2 is 2.17 bits per heavy atom. The number of aryl methyl sites for hydroxylation is 1. The first kappa shape index (κ1) is 12.0. The van der Waals surface area contributed by atoms with Gasteiger partial charge in [-0.2, -0.15) is 0 Å². The van der Waals surface area contributed by atoms with Gasteiger partial charge in [0.05, 0.1) is 37.6 Å². The van der Waals surface area contributed by atoms with Crippen LogP contribution < -0.4 is 15.6 Å². The summed E-state index contributed by atoms with van der Waals surface area (Å²) in [6.07, 6.45) is 4.66. The number of nitrogens with one attached hydrogen (secondary N) is 2. The van der Waals surface area contributed by atoms with Crippen molar-refractivity contribution in [1.29, 1.82) is 0 Å². The van der Waals surface area contributed by atoms with E-state index in [1.165, 1.54) is 13.4 Å². The zero-order chi connectivity index (χ0) is 13.0. The van der Waals surface area contributed by atoms with E-state index >= 15 is 0 Å². The number of aromatic amines is 1. The maximum atomic E-state index is 11.4. The highest BCUT2D eigenvalue weighted by Crippen LogP contribution is 2.14. The summed E-state index contributed by atoms with van der Waals surface area (Å²) in [5, 5.41) is 2.98. The van der Waals surface area contributed by atoms with Gasteiger partial charge in [-0.05, 0) is 6.92 Å². The van der Waals surface area contributed by atoms with Gasteiger partial charge >= 0.3 is 0 Å². The number of nitrogens with zero attached hydrogens (tertiary/aromatic N) is 3. The minimum absolute atomic E-state index is 0.151. The molecule has 2 aromatic rings. The van der Waals surface area contributed by atoms with Crippen molar-refractivity contribution in [2.45, 2.75) is 13.5 Å². The molecule has 0 aliphatic heterocycles. The monoisotopic (exact) mass is 247 g/mol. The third-order valence-electron chi connectivity index (χ3n) is 2.29. The molecular formula is C11H13N5O2. The Morgan fingerprint density at radius 1 is 1.33 bits per heavy atom. The van der Waals surface area contributed by atoms with Crippen molar-refractivity contribution in [2.24, 2.45) is 0 Å². The molecular weight excluding hydrogens is 234 g/mol. The lowest BCUT2D eigenvalue weighted by Gasteiger charge is -2.08. The first-order valence-electron chi connectivity index (χ1n) is 5.34. The Morgan fingerprint density at radius 3 is 2.83 bits per heavy atom. The fraction of sp³-hybridized carbons (Fsp3) is 0.273. The largest absolute Gasteiger partial charge is 0.489 e. The van der Waals surface area contributed by atoms with Crippen LogP contribution in [0.25, 0.3) is 0 Å². The third-order valence-corrected chi connectivity index (χ3v) is 2.29. The Labute approximate surface area is 103 Å². The maximum Gasteiger partial charge on any atom is 0.295 e. The van der Waals surface area contributed by atoms with Crippen molar-refractivity contribution in [3.8, 4) is 5.75 Å². The van der Waals surface area contributed by atoms with E-state index in [4.69, 9.17) is 4.74 Å². The quantitative estimate of drug-likeness (QED) is 0.816. The number of ether oxygens (including phenoxy) is 1. The molecule has 0 fully saturated rings. The minimum Gasteiger partial charge on any atom is -0.489 e. The van der Waals surface area contributed by atoms with Crippen molar-refractivity contribution in [3.05, 3.63) is 40.5 Å². The number of aromatic nitrogens is 4. The van der Waals surface area contributed by atoms with Crippen molar-refractivity contribution in [3.63, 3.8) is 0 Å². The molecule has 0 saturated carbocycles. The minimum atomic E-state index is -0.329. The van der Waals surface area contributed by atoms with Gasteiger partial charge in [-0.1, -0.05) is 0 Å². The average molecular weight is 247 g/mol. The van der Waals surface area contributed by atoms with Gasteiger partial charge in [-0.15, -0.1) is 0 Å². The Balaban J connectivity index is 2.13. The average Bonchev–Trinajstić information content (AvgIpc) is 2.38. The zero-order valence-electron chi connectivity index (χ0n) is 10.1. The highest BCUT2D eigenvalue weighted by Gasteiger charge is 2.08. The van der Waals surface area contributed by atoms with Gasteiger partial charge in [0.1, 0.15) is 0 Å². The van der Waals surface area contributed by atoms with Gasteiger partial charge in [0.15, 0.2) is 5.82 Å². The lowest BCUT2D eigenvalue weighted by Crippen LogP contribution is -2.14. The fourth-order valence-electron chi connectivity index (χ4n) is 1.39. The van der Waals surface area contributed by atoms with E-state index in [2.05, 4.69) is 25.3 Å². The summed E-state index contributed by atoms with van der Waals surface area (Å²) in [5.74, 6) is 0.529. The van der Waals surface area contributed by atoms with Gasteiger partial charge < -0.3 is 15.0 Å². The molecule has 0 spiro atoms. The van der Waals surface area contributed by atoms with Crippen LogP contribution >= 0.6 is 0 Å². The Hall–Kier alpha value is -2.44. The molecule has 0 bridgehead atoms. The van der Waals surface area contributed by atoms with Crippen LogP contribution in [-0.2, 0) is 6.54 Å². The van der Waals surface area contributed by atoms with Crippen molar-refractivity contribution < 1.29 is 4.74 Å². The molecule has 2 heterocycles. The lowest BCUT2D eigenvalue weighted by atomic mass is 10.4. The van der Waals surface area contributed by atoms with Gasteiger partial charge in [-0.3, -0.25) is 14.8 Å². The van der Waals surface area contributed by atoms with E-state index < -0.39 is 0 Å². The van der Waals surface area contributed by atoms with Gasteiger partial charge in [-0.25, -0.2) is 4.98 Å². The fourth-order valence-corrected chi connectivity index (χ4v) is 1.39. The van der Waals surface area contributed by atoms with Crippen LogP contribution in [0.3, 0.4) is 0 Å². The van der Waals surface area contributed by atoms with Crippen molar-refractivity contribution in [1.82, 2.24) is 19.9 Å². The summed E-state index contributed by atoms with van der Waals surface area (Å²) >= 11 is 0.